The molecule has 0 saturated heterocycles. The van der Waals surface area contributed by atoms with Crippen LogP contribution in [0, 0.1) is 5.92 Å². The van der Waals surface area contributed by atoms with Crippen molar-refractivity contribution < 1.29 is 18.0 Å². The Hall–Kier alpha value is -2.35. The fraction of sp³-hybridized carbons (Fsp3) is 0.333. The first-order valence-electron chi connectivity index (χ1n) is 7.03. The predicted octanol–water partition coefficient (Wildman–Crippen LogP) is 2.22. The molecule has 23 heavy (non-hydrogen) atoms. The molecule has 0 fully saturated rings. The second kappa shape index (κ2) is 6.82. The highest BCUT2D eigenvalue weighted by molar-refractivity contribution is 5.92. The molecule has 5 nitrogen and oxygen atoms in total. The average Bonchev–Trinajstić information content (AvgIpc) is 3.01. The SMILES string of the molecule is CC(CN)CNC(=O)c1ccn(-c2cccc(C(F)(F)F)c2)n1. The summed E-state index contributed by atoms with van der Waals surface area (Å²) >= 11 is 0. The van der Waals surface area contributed by atoms with E-state index in [1.165, 1.54) is 29.1 Å². The van der Waals surface area contributed by atoms with E-state index >= 15 is 0 Å². The van der Waals surface area contributed by atoms with Gasteiger partial charge in [0.1, 0.15) is 0 Å². The fourth-order valence-corrected chi connectivity index (χ4v) is 1.85. The Bertz CT molecular complexity index is 681. The molecule has 2 aromatic rings. The van der Waals surface area contributed by atoms with Crippen molar-refractivity contribution >= 4 is 5.91 Å². The van der Waals surface area contributed by atoms with E-state index in [1.807, 2.05) is 6.92 Å². The number of rotatable bonds is 5. The first-order chi connectivity index (χ1) is 10.8. The lowest BCUT2D eigenvalue weighted by Gasteiger charge is -2.09. The third-order valence-electron chi connectivity index (χ3n) is 3.27. The number of hydrogen-bond acceptors (Lipinski definition) is 3. The van der Waals surface area contributed by atoms with Gasteiger partial charge in [0.05, 0.1) is 11.3 Å². The van der Waals surface area contributed by atoms with Crippen molar-refractivity contribution in [1.29, 1.82) is 0 Å². The van der Waals surface area contributed by atoms with Crippen molar-refractivity contribution in [3.8, 4) is 5.69 Å². The third-order valence-corrected chi connectivity index (χ3v) is 3.27. The zero-order valence-electron chi connectivity index (χ0n) is 12.5. The van der Waals surface area contributed by atoms with Gasteiger partial charge in [-0.2, -0.15) is 18.3 Å². The van der Waals surface area contributed by atoms with E-state index in [9.17, 15) is 18.0 Å². The number of nitrogens with one attached hydrogen (secondary N) is 1. The number of carbonyl (C=O) groups is 1. The van der Waals surface area contributed by atoms with Gasteiger partial charge in [-0.15, -0.1) is 0 Å². The van der Waals surface area contributed by atoms with Crippen LogP contribution in [0.4, 0.5) is 13.2 Å². The highest BCUT2D eigenvalue weighted by Crippen LogP contribution is 2.30. The first-order valence-corrected chi connectivity index (χ1v) is 7.03. The molecule has 0 aliphatic carbocycles. The number of carbonyl (C=O) groups excluding carboxylic acids is 1. The van der Waals surface area contributed by atoms with E-state index in [-0.39, 0.29) is 17.3 Å². The maximum absolute atomic E-state index is 12.7. The smallest absolute Gasteiger partial charge is 0.350 e. The van der Waals surface area contributed by atoms with Crippen molar-refractivity contribution in [2.75, 3.05) is 13.1 Å². The summed E-state index contributed by atoms with van der Waals surface area (Å²) in [5, 5.41) is 6.69. The standard InChI is InChI=1S/C15H17F3N4O/c1-10(8-19)9-20-14(23)13-5-6-22(21-13)12-4-2-3-11(7-12)15(16,17)18/h2-7,10H,8-9,19H2,1H3,(H,20,23). The number of amides is 1. The maximum Gasteiger partial charge on any atom is 0.416 e. The van der Waals surface area contributed by atoms with E-state index in [0.717, 1.165) is 12.1 Å². The van der Waals surface area contributed by atoms with E-state index in [1.54, 1.807) is 0 Å². The summed E-state index contributed by atoms with van der Waals surface area (Å²) in [4.78, 5) is 11.9. The molecule has 0 aliphatic heterocycles. The van der Waals surface area contributed by atoms with Gasteiger partial charge in [0.2, 0.25) is 0 Å². The van der Waals surface area contributed by atoms with Crippen LogP contribution in [0.2, 0.25) is 0 Å². The van der Waals surface area contributed by atoms with E-state index in [0.29, 0.717) is 13.1 Å². The molecule has 1 amide bonds. The largest absolute Gasteiger partial charge is 0.416 e. The number of halogens is 3. The number of aromatic nitrogens is 2. The van der Waals surface area contributed by atoms with Gasteiger partial charge in [-0.05, 0) is 36.7 Å². The molecule has 0 saturated carbocycles. The van der Waals surface area contributed by atoms with Crippen molar-refractivity contribution in [3.05, 3.63) is 47.8 Å². The molecule has 1 unspecified atom stereocenters. The molecule has 1 atom stereocenters. The second-order valence-electron chi connectivity index (χ2n) is 5.24. The van der Waals surface area contributed by atoms with Gasteiger partial charge in [-0.1, -0.05) is 13.0 Å². The molecule has 8 heteroatoms. The van der Waals surface area contributed by atoms with Crippen molar-refractivity contribution in [3.63, 3.8) is 0 Å². The van der Waals surface area contributed by atoms with Crippen LogP contribution in [0.25, 0.3) is 5.69 Å². The van der Waals surface area contributed by atoms with Crippen LogP contribution < -0.4 is 11.1 Å². The van der Waals surface area contributed by atoms with Crippen molar-refractivity contribution in [2.24, 2.45) is 11.7 Å². The Morgan fingerprint density at radius 3 is 2.78 bits per heavy atom. The Morgan fingerprint density at radius 1 is 1.39 bits per heavy atom. The molecule has 3 N–H and O–H groups in total. The number of hydrogen-bond donors (Lipinski definition) is 2. The molecule has 124 valence electrons. The van der Waals surface area contributed by atoms with Gasteiger partial charge in [0, 0.05) is 12.7 Å². The monoisotopic (exact) mass is 326 g/mol. The van der Waals surface area contributed by atoms with Gasteiger partial charge >= 0.3 is 6.18 Å². The molecule has 1 aromatic heterocycles. The van der Waals surface area contributed by atoms with Crippen LogP contribution in [0.15, 0.2) is 36.5 Å². The summed E-state index contributed by atoms with van der Waals surface area (Å²) in [6.07, 6.45) is -2.99. The van der Waals surface area contributed by atoms with Gasteiger partial charge in [0.25, 0.3) is 5.91 Å². The maximum atomic E-state index is 12.7. The van der Waals surface area contributed by atoms with Gasteiger partial charge < -0.3 is 11.1 Å². The number of nitrogens with two attached hydrogens (primary N) is 1. The zero-order valence-corrected chi connectivity index (χ0v) is 12.5. The Kier molecular flexibility index (Phi) is 5.05. The van der Waals surface area contributed by atoms with Gasteiger partial charge in [-0.25, -0.2) is 4.68 Å². The third kappa shape index (κ3) is 4.32. The quantitative estimate of drug-likeness (QED) is 0.885. The van der Waals surface area contributed by atoms with Crippen LogP contribution in [-0.4, -0.2) is 28.8 Å². The van der Waals surface area contributed by atoms with Crippen LogP contribution in [0.1, 0.15) is 23.0 Å². The van der Waals surface area contributed by atoms with Crippen LogP contribution in [0.5, 0.6) is 0 Å². The van der Waals surface area contributed by atoms with Gasteiger partial charge in [0.15, 0.2) is 5.69 Å². The molecule has 1 aromatic carbocycles. The summed E-state index contributed by atoms with van der Waals surface area (Å²) in [5.74, 6) is -0.263. The highest BCUT2D eigenvalue weighted by Gasteiger charge is 2.30. The Balaban J connectivity index is 2.15. The lowest BCUT2D eigenvalue weighted by molar-refractivity contribution is -0.137. The summed E-state index contributed by atoms with van der Waals surface area (Å²) in [5.41, 5.74) is 5.06. The number of benzene rings is 1. The average molecular weight is 326 g/mol. The van der Waals surface area contributed by atoms with Crippen molar-refractivity contribution in [1.82, 2.24) is 15.1 Å². The minimum absolute atomic E-state index is 0.129. The first kappa shape index (κ1) is 17.0. The minimum atomic E-state index is -4.43. The summed E-state index contributed by atoms with van der Waals surface area (Å²) < 4.78 is 39.4. The van der Waals surface area contributed by atoms with E-state index < -0.39 is 17.6 Å². The van der Waals surface area contributed by atoms with E-state index in [2.05, 4.69) is 10.4 Å². The fourth-order valence-electron chi connectivity index (χ4n) is 1.85. The summed E-state index contributed by atoms with van der Waals surface area (Å²) in [6, 6.07) is 6.19. The Morgan fingerprint density at radius 2 is 2.13 bits per heavy atom. The number of nitrogens with zero attached hydrogens (tertiary/aromatic N) is 2. The molecular weight excluding hydrogens is 309 g/mol. The summed E-state index contributed by atoms with van der Waals surface area (Å²) in [7, 11) is 0. The number of alkyl halides is 3. The van der Waals surface area contributed by atoms with Crippen LogP contribution in [0.3, 0.4) is 0 Å². The molecule has 0 spiro atoms. The van der Waals surface area contributed by atoms with Gasteiger partial charge in [-0.3, -0.25) is 4.79 Å². The topological polar surface area (TPSA) is 72.9 Å². The minimum Gasteiger partial charge on any atom is -0.350 e. The molecule has 0 aliphatic rings. The summed E-state index contributed by atoms with van der Waals surface area (Å²) in [6.45, 7) is 2.74. The van der Waals surface area contributed by atoms with Crippen LogP contribution in [-0.2, 0) is 6.18 Å². The van der Waals surface area contributed by atoms with Crippen LogP contribution >= 0.6 is 0 Å². The molecular formula is C15H17F3N4O. The molecule has 0 bridgehead atoms. The predicted molar refractivity (Wildman–Crippen MR) is 79.1 cm³/mol. The lowest BCUT2D eigenvalue weighted by atomic mass is 10.2. The van der Waals surface area contributed by atoms with Crippen molar-refractivity contribution in [2.45, 2.75) is 13.1 Å². The Labute approximate surface area is 131 Å². The molecule has 0 radical (unpaired) electrons. The second-order valence-corrected chi connectivity index (χ2v) is 5.24. The molecule has 2 rings (SSSR count). The zero-order chi connectivity index (χ0) is 17.0. The lowest BCUT2D eigenvalue weighted by Crippen LogP contribution is -2.31. The highest BCUT2D eigenvalue weighted by atomic mass is 19.4. The normalized spacial score (nSPS) is 12.9. The molecule has 1 heterocycles. The van der Waals surface area contributed by atoms with E-state index in [4.69, 9.17) is 5.73 Å².